The molecule has 1 amide bonds. The number of hydrogen-bond donors (Lipinski definition) is 1. The van der Waals surface area contributed by atoms with Gasteiger partial charge in [0.15, 0.2) is 0 Å². The summed E-state index contributed by atoms with van der Waals surface area (Å²) in [5.41, 5.74) is 2.60. The Hall–Kier alpha value is -1.40. The molecule has 0 aliphatic carbocycles. The Labute approximate surface area is 158 Å². The maximum Gasteiger partial charge on any atom is 0.243 e. The van der Waals surface area contributed by atoms with Gasteiger partial charge in [0, 0.05) is 19.6 Å². The van der Waals surface area contributed by atoms with Crippen molar-refractivity contribution in [3.63, 3.8) is 0 Å². The first kappa shape index (κ1) is 20.9. The molecule has 0 saturated carbocycles. The number of unbranched alkanes of at least 4 members (excludes halogenated alkanes) is 2. The quantitative estimate of drug-likeness (QED) is 0.738. The predicted octanol–water partition coefficient (Wildman–Crippen LogP) is 3.32. The zero-order valence-corrected chi connectivity index (χ0v) is 17.3. The van der Waals surface area contributed by atoms with Gasteiger partial charge in [-0.05, 0) is 51.2 Å². The minimum atomic E-state index is -3.58. The molecular formula is C20H32N2O3S. The summed E-state index contributed by atoms with van der Waals surface area (Å²) in [4.78, 5) is 12.8. The molecule has 1 saturated heterocycles. The molecule has 1 aromatic rings. The Morgan fingerprint density at radius 2 is 1.85 bits per heavy atom. The second-order valence-electron chi connectivity index (χ2n) is 7.43. The van der Waals surface area contributed by atoms with Crippen molar-refractivity contribution in [2.75, 3.05) is 19.6 Å². The Morgan fingerprint density at radius 1 is 1.19 bits per heavy atom. The van der Waals surface area contributed by atoms with Crippen molar-refractivity contribution in [1.82, 2.24) is 9.62 Å². The van der Waals surface area contributed by atoms with Crippen LogP contribution in [0.25, 0.3) is 0 Å². The lowest BCUT2D eigenvalue weighted by Crippen LogP contribution is -2.45. The zero-order valence-electron chi connectivity index (χ0n) is 16.5. The van der Waals surface area contributed by atoms with Crippen LogP contribution in [0.15, 0.2) is 17.0 Å². The summed E-state index contributed by atoms with van der Waals surface area (Å²) in [6.45, 7) is 9.20. The summed E-state index contributed by atoms with van der Waals surface area (Å²) in [6.07, 6.45) is 4.64. The fraction of sp³-hybridized carbons (Fsp3) is 0.650. The number of amides is 1. The summed E-state index contributed by atoms with van der Waals surface area (Å²) >= 11 is 0. The van der Waals surface area contributed by atoms with E-state index in [1.54, 1.807) is 0 Å². The van der Waals surface area contributed by atoms with E-state index in [9.17, 15) is 13.2 Å². The van der Waals surface area contributed by atoms with Crippen LogP contribution in [-0.4, -0.2) is 38.3 Å². The smallest absolute Gasteiger partial charge is 0.243 e. The second-order valence-corrected chi connectivity index (χ2v) is 9.30. The summed E-state index contributed by atoms with van der Waals surface area (Å²) in [6, 6.07) is 3.81. The molecule has 2 rings (SSSR count). The monoisotopic (exact) mass is 380 g/mol. The first-order chi connectivity index (χ1) is 12.3. The fourth-order valence-corrected chi connectivity index (χ4v) is 5.74. The van der Waals surface area contributed by atoms with Gasteiger partial charge in [0.25, 0.3) is 0 Å². The van der Waals surface area contributed by atoms with E-state index < -0.39 is 10.0 Å². The van der Waals surface area contributed by atoms with Crippen molar-refractivity contribution in [3.8, 4) is 0 Å². The van der Waals surface area contributed by atoms with Gasteiger partial charge in [0.2, 0.25) is 15.9 Å². The van der Waals surface area contributed by atoms with Crippen LogP contribution in [0.1, 0.15) is 55.7 Å². The minimum absolute atomic E-state index is 0.0154. The van der Waals surface area contributed by atoms with Gasteiger partial charge in [-0.15, -0.1) is 0 Å². The van der Waals surface area contributed by atoms with Gasteiger partial charge >= 0.3 is 0 Å². The number of piperidine rings is 1. The van der Waals surface area contributed by atoms with Crippen molar-refractivity contribution in [2.45, 2.75) is 64.7 Å². The standard InChI is InChI=1S/C20H32N2O3S/c1-5-6-7-10-21-20(23)18-9-8-11-22(14-18)26(24,25)19-16(3)12-15(2)13-17(19)4/h12-13,18H,5-11,14H2,1-4H3,(H,21,23)/t18-/m1/s1. The Balaban J connectivity index is 2.12. The molecule has 0 radical (unpaired) electrons. The van der Waals surface area contributed by atoms with E-state index in [-0.39, 0.29) is 18.4 Å². The molecule has 1 aliphatic rings. The van der Waals surface area contributed by atoms with Crippen LogP contribution in [0, 0.1) is 26.7 Å². The molecule has 0 unspecified atom stereocenters. The number of rotatable bonds is 7. The number of nitrogens with zero attached hydrogens (tertiary/aromatic N) is 1. The van der Waals surface area contributed by atoms with Crippen LogP contribution in [-0.2, 0) is 14.8 Å². The van der Waals surface area contributed by atoms with Gasteiger partial charge in [-0.3, -0.25) is 4.79 Å². The van der Waals surface area contributed by atoms with E-state index >= 15 is 0 Å². The van der Waals surface area contributed by atoms with Crippen molar-refractivity contribution < 1.29 is 13.2 Å². The van der Waals surface area contributed by atoms with Gasteiger partial charge in [0.1, 0.15) is 0 Å². The van der Waals surface area contributed by atoms with Crippen LogP contribution in [0.2, 0.25) is 0 Å². The van der Waals surface area contributed by atoms with Gasteiger partial charge < -0.3 is 5.32 Å². The number of sulfonamides is 1. The molecule has 1 atom stereocenters. The molecule has 1 fully saturated rings. The van der Waals surface area contributed by atoms with E-state index in [4.69, 9.17) is 0 Å². The summed E-state index contributed by atoms with van der Waals surface area (Å²) in [5.74, 6) is -0.274. The molecule has 0 spiro atoms. The number of nitrogens with one attached hydrogen (secondary N) is 1. The normalized spacial score (nSPS) is 18.7. The second kappa shape index (κ2) is 9.00. The predicted molar refractivity (Wildman–Crippen MR) is 105 cm³/mol. The van der Waals surface area contributed by atoms with Crippen LogP contribution in [0.4, 0.5) is 0 Å². The molecular weight excluding hydrogens is 348 g/mol. The van der Waals surface area contributed by atoms with Crippen LogP contribution < -0.4 is 5.32 Å². The van der Waals surface area contributed by atoms with Gasteiger partial charge in [-0.1, -0.05) is 37.5 Å². The summed E-state index contributed by atoms with van der Waals surface area (Å²) < 4.78 is 27.9. The summed E-state index contributed by atoms with van der Waals surface area (Å²) in [7, 11) is -3.58. The van der Waals surface area contributed by atoms with Gasteiger partial charge in [-0.25, -0.2) is 8.42 Å². The fourth-order valence-electron chi connectivity index (χ4n) is 3.81. The number of hydrogen-bond acceptors (Lipinski definition) is 3. The number of aryl methyl sites for hydroxylation is 3. The highest BCUT2D eigenvalue weighted by atomic mass is 32.2. The van der Waals surface area contributed by atoms with Crippen molar-refractivity contribution in [1.29, 1.82) is 0 Å². The number of carbonyl (C=O) groups excluding carboxylic acids is 1. The molecule has 6 heteroatoms. The van der Waals surface area contributed by atoms with Crippen LogP contribution in [0.3, 0.4) is 0 Å². The SMILES string of the molecule is CCCCCNC(=O)[C@@H]1CCCN(S(=O)(=O)c2c(C)cc(C)cc2C)C1. The Bertz CT molecular complexity index is 720. The molecule has 1 aliphatic heterocycles. The number of carbonyl (C=O) groups is 1. The molecule has 0 aromatic heterocycles. The van der Waals surface area contributed by atoms with E-state index in [1.165, 1.54) is 4.31 Å². The molecule has 5 nitrogen and oxygen atoms in total. The maximum atomic E-state index is 13.2. The largest absolute Gasteiger partial charge is 0.356 e. The first-order valence-electron chi connectivity index (χ1n) is 9.63. The maximum absolute atomic E-state index is 13.2. The summed E-state index contributed by atoms with van der Waals surface area (Å²) in [5, 5.41) is 2.97. The van der Waals surface area contributed by atoms with E-state index in [2.05, 4.69) is 12.2 Å². The lowest BCUT2D eigenvalue weighted by molar-refractivity contribution is -0.126. The van der Waals surface area contributed by atoms with Crippen molar-refractivity contribution in [3.05, 3.63) is 28.8 Å². The van der Waals surface area contributed by atoms with E-state index in [1.807, 2.05) is 32.9 Å². The molecule has 26 heavy (non-hydrogen) atoms. The molecule has 1 N–H and O–H groups in total. The highest BCUT2D eigenvalue weighted by Crippen LogP contribution is 2.28. The topological polar surface area (TPSA) is 66.5 Å². The Kier molecular flexibility index (Phi) is 7.24. The van der Waals surface area contributed by atoms with Crippen molar-refractivity contribution in [2.24, 2.45) is 5.92 Å². The molecule has 146 valence electrons. The van der Waals surface area contributed by atoms with E-state index in [0.717, 1.165) is 48.8 Å². The molecule has 1 aromatic carbocycles. The third-order valence-electron chi connectivity index (χ3n) is 5.04. The zero-order chi connectivity index (χ0) is 19.3. The third kappa shape index (κ3) is 4.86. The average molecular weight is 381 g/mol. The Morgan fingerprint density at radius 3 is 2.46 bits per heavy atom. The molecule has 1 heterocycles. The lowest BCUT2D eigenvalue weighted by Gasteiger charge is -2.32. The van der Waals surface area contributed by atoms with Gasteiger partial charge in [-0.2, -0.15) is 4.31 Å². The van der Waals surface area contributed by atoms with Crippen LogP contribution >= 0.6 is 0 Å². The highest BCUT2D eigenvalue weighted by Gasteiger charge is 2.34. The molecule has 0 bridgehead atoms. The number of benzene rings is 1. The lowest BCUT2D eigenvalue weighted by atomic mass is 9.99. The van der Waals surface area contributed by atoms with Crippen LogP contribution in [0.5, 0.6) is 0 Å². The van der Waals surface area contributed by atoms with E-state index in [0.29, 0.717) is 18.0 Å². The highest BCUT2D eigenvalue weighted by molar-refractivity contribution is 7.89. The van der Waals surface area contributed by atoms with Gasteiger partial charge in [0.05, 0.1) is 10.8 Å². The van der Waals surface area contributed by atoms with Crippen molar-refractivity contribution >= 4 is 15.9 Å². The minimum Gasteiger partial charge on any atom is -0.356 e. The average Bonchev–Trinajstić information content (AvgIpc) is 2.57. The first-order valence-corrected chi connectivity index (χ1v) is 11.1. The third-order valence-corrected chi connectivity index (χ3v) is 7.21.